The Morgan fingerprint density at radius 1 is 1.38 bits per heavy atom. The van der Waals surface area contributed by atoms with Gasteiger partial charge in [0.2, 0.25) is 0 Å². The summed E-state index contributed by atoms with van der Waals surface area (Å²) in [4.78, 5) is 0. The predicted molar refractivity (Wildman–Crippen MR) is 51.1 cm³/mol. The summed E-state index contributed by atoms with van der Waals surface area (Å²) in [5.41, 5.74) is 1.85. The highest BCUT2D eigenvalue weighted by Gasteiger charge is 2.01. The van der Waals surface area contributed by atoms with Gasteiger partial charge in [0.05, 0.1) is 11.6 Å². The minimum Gasteiger partial charge on any atom is -0.396 e. The first kappa shape index (κ1) is 9.76. The Balaban J connectivity index is 2.65. The summed E-state index contributed by atoms with van der Waals surface area (Å²) in [6, 6.07) is 9.55. The number of rotatable bonds is 3. The van der Waals surface area contributed by atoms with Gasteiger partial charge in [-0.1, -0.05) is 19.1 Å². The van der Waals surface area contributed by atoms with E-state index in [4.69, 9.17) is 10.4 Å². The molecule has 1 aromatic rings. The molecule has 0 amide bonds. The molecule has 0 aliphatic carbocycles. The summed E-state index contributed by atoms with van der Waals surface area (Å²) in [7, 11) is 0. The van der Waals surface area contributed by atoms with E-state index in [0.717, 1.165) is 6.42 Å². The second kappa shape index (κ2) is 4.64. The van der Waals surface area contributed by atoms with Crippen molar-refractivity contribution in [3.63, 3.8) is 0 Å². The van der Waals surface area contributed by atoms with Crippen molar-refractivity contribution in [2.45, 2.75) is 13.3 Å². The smallest absolute Gasteiger partial charge is 0.0991 e. The Labute approximate surface area is 78.4 Å². The van der Waals surface area contributed by atoms with E-state index in [2.05, 4.69) is 6.07 Å². The monoisotopic (exact) mass is 175 g/mol. The summed E-state index contributed by atoms with van der Waals surface area (Å²) in [5.74, 6) is 0.285. The molecule has 0 aromatic heterocycles. The third-order valence-corrected chi connectivity index (χ3v) is 1.98. The zero-order chi connectivity index (χ0) is 9.68. The minimum absolute atomic E-state index is 0.208. The topological polar surface area (TPSA) is 44.0 Å². The van der Waals surface area contributed by atoms with Crippen LogP contribution >= 0.6 is 0 Å². The van der Waals surface area contributed by atoms with E-state index < -0.39 is 0 Å². The van der Waals surface area contributed by atoms with Crippen LogP contribution in [0.2, 0.25) is 0 Å². The lowest BCUT2D eigenvalue weighted by molar-refractivity contribution is 0.237. The number of aliphatic hydroxyl groups is 1. The second-order valence-electron chi connectivity index (χ2n) is 3.30. The van der Waals surface area contributed by atoms with Crippen molar-refractivity contribution in [3.05, 3.63) is 35.4 Å². The van der Waals surface area contributed by atoms with Crippen LogP contribution in [0.15, 0.2) is 24.3 Å². The molecule has 0 heterocycles. The lowest BCUT2D eigenvalue weighted by Gasteiger charge is -2.06. The predicted octanol–water partition coefficient (Wildman–Crippen LogP) is 1.73. The average molecular weight is 175 g/mol. The Morgan fingerprint density at radius 3 is 2.46 bits per heavy atom. The Bertz CT molecular complexity index is 297. The van der Waals surface area contributed by atoms with Crippen molar-refractivity contribution >= 4 is 0 Å². The fourth-order valence-corrected chi connectivity index (χ4v) is 1.18. The lowest BCUT2D eigenvalue weighted by atomic mass is 10.0. The summed E-state index contributed by atoms with van der Waals surface area (Å²) in [6.07, 6.45) is 0.863. The third kappa shape index (κ3) is 2.89. The molecule has 0 aliphatic rings. The SMILES string of the molecule is CC(CO)Cc1ccc(C#N)cc1. The van der Waals surface area contributed by atoms with Gasteiger partial charge < -0.3 is 5.11 Å². The van der Waals surface area contributed by atoms with Crippen molar-refractivity contribution < 1.29 is 5.11 Å². The van der Waals surface area contributed by atoms with Crippen LogP contribution in [0.3, 0.4) is 0 Å². The second-order valence-corrected chi connectivity index (χ2v) is 3.30. The first-order chi connectivity index (χ1) is 6.26. The Hall–Kier alpha value is -1.33. The van der Waals surface area contributed by atoms with Gasteiger partial charge >= 0.3 is 0 Å². The number of hydrogen-bond donors (Lipinski definition) is 1. The highest BCUT2D eigenvalue weighted by molar-refractivity contribution is 5.31. The molecule has 0 fully saturated rings. The minimum atomic E-state index is 0.208. The van der Waals surface area contributed by atoms with Crippen LogP contribution in [0.1, 0.15) is 18.1 Å². The quantitative estimate of drug-likeness (QED) is 0.760. The summed E-state index contributed by atoms with van der Waals surface area (Å²) >= 11 is 0. The van der Waals surface area contributed by atoms with Gasteiger partial charge in [-0.2, -0.15) is 5.26 Å². The van der Waals surface area contributed by atoms with E-state index in [1.807, 2.05) is 19.1 Å². The number of nitriles is 1. The fourth-order valence-electron chi connectivity index (χ4n) is 1.18. The molecule has 0 saturated carbocycles. The Kier molecular flexibility index (Phi) is 3.48. The van der Waals surface area contributed by atoms with Crippen molar-refractivity contribution in [1.29, 1.82) is 5.26 Å². The van der Waals surface area contributed by atoms with Gasteiger partial charge in [0, 0.05) is 6.61 Å². The molecule has 1 aromatic carbocycles. The van der Waals surface area contributed by atoms with Gasteiger partial charge in [-0.05, 0) is 30.0 Å². The van der Waals surface area contributed by atoms with Crippen LogP contribution in [-0.2, 0) is 6.42 Å². The molecule has 1 unspecified atom stereocenters. The summed E-state index contributed by atoms with van der Waals surface area (Å²) in [6.45, 7) is 2.21. The zero-order valence-electron chi connectivity index (χ0n) is 7.70. The molecule has 1 N–H and O–H groups in total. The maximum absolute atomic E-state index is 8.84. The molecule has 0 saturated heterocycles. The molecular weight excluding hydrogens is 162 g/mol. The molecule has 0 aliphatic heterocycles. The highest BCUT2D eigenvalue weighted by atomic mass is 16.3. The van der Waals surface area contributed by atoms with E-state index in [9.17, 15) is 0 Å². The van der Waals surface area contributed by atoms with Crippen molar-refractivity contribution in [2.24, 2.45) is 5.92 Å². The number of hydrogen-bond acceptors (Lipinski definition) is 2. The van der Waals surface area contributed by atoms with E-state index in [1.165, 1.54) is 5.56 Å². The standard InChI is InChI=1S/C11H13NO/c1-9(8-13)6-10-2-4-11(7-12)5-3-10/h2-5,9,13H,6,8H2,1H3. The summed E-state index contributed by atoms with van der Waals surface area (Å²) in [5, 5.41) is 17.4. The number of nitrogens with zero attached hydrogens (tertiary/aromatic N) is 1. The zero-order valence-corrected chi connectivity index (χ0v) is 7.70. The third-order valence-electron chi connectivity index (χ3n) is 1.98. The van der Waals surface area contributed by atoms with Crippen LogP contribution in [0.25, 0.3) is 0 Å². The van der Waals surface area contributed by atoms with Crippen molar-refractivity contribution in [3.8, 4) is 6.07 Å². The largest absolute Gasteiger partial charge is 0.396 e. The molecule has 1 rings (SSSR count). The maximum atomic E-state index is 8.84. The van der Waals surface area contributed by atoms with Gasteiger partial charge in [-0.25, -0.2) is 0 Å². The van der Waals surface area contributed by atoms with Gasteiger partial charge in [-0.3, -0.25) is 0 Å². The van der Waals surface area contributed by atoms with Crippen LogP contribution < -0.4 is 0 Å². The van der Waals surface area contributed by atoms with Crippen LogP contribution in [-0.4, -0.2) is 11.7 Å². The Morgan fingerprint density at radius 2 is 2.00 bits per heavy atom. The first-order valence-electron chi connectivity index (χ1n) is 4.36. The number of aliphatic hydroxyl groups excluding tert-OH is 1. The molecule has 0 radical (unpaired) electrons. The first-order valence-corrected chi connectivity index (χ1v) is 4.36. The fraction of sp³-hybridized carbons (Fsp3) is 0.364. The molecule has 1 atom stereocenters. The lowest BCUT2D eigenvalue weighted by Crippen LogP contribution is -2.04. The van der Waals surface area contributed by atoms with E-state index in [-0.39, 0.29) is 12.5 Å². The molecule has 2 nitrogen and oxygen atoms in total. The molecule has 2 heteroatoms. The van der Waals surface area contributed by atoms with E-state index >= 15 is 0 Å². The van der Waals surface area contributed by atoms with Gasteiger partial charge in [0.15, 0.2) is 0 Å². The van der Waals surface area contributed by atoms with E-state index in [1.54, 1.807) is 12.1 Å². The van der Waals surface area contributed by atoms with Gasteiger partial charge in [0.25, 0.3) is 0 Å². The van der Waals surface area contributed by atoms with E-state index in [0.29, 0.717) is 5.56 Å². The molecular formula is C11H13NO. The van der Waals surface area contributed by atoms with Gasteiger partial charge in [0.1, 0.15) is 0 Å². The van der Waals surface area contributed by atoms with Crippen LogP contribution in [0, 0.1) is 17.2 Å². The highest BCUT2D eigenvalue weighted by Crippen LogP contribution is 2.09. The number of benzene rings is 1. The molecule has 0 spiro atoms. The molecule has 68 valence electrons. The molecule has 0 bridgehead atoms. The van der Waals surface area contributed by atoms with Gasteiger partial charge in [-0.15, -0.1) is 0 Å². The maximum Gasteiger partial charge on any atom is 0.0991 e. The summed E-state index contributed by atoms with van der Waals surface area (Å²) < 4.78 is 0. The normalized spacial score (nSPS) is 12.1. The molecule has 13 heavy (non-hydrogen) atoms. The van der Waals surface area contributed by atoms with Crippen molar-refractivity contribution in [1.82, 2.24) is 0 Å². The van der Waals surface area contributed by atoms with Crippen molar-refractivity contribution in [2.75, 3.05) is 6.61 Å². The van der Waals surface area contributed by atoms with Crippen LogP contribution in [0.5, 0.6) is 0 Å². The average Bonchev–Trinajstić information content (AvgIpc) is 2.19. The van der Waals surface area contributed by atoms with Crippen LogP contribution in [0.4, 0.5) is 0 Å².